The molecule has 0 saturated heterocycles. The van der Waals surface area contributed by atoms with Gasteiger partial charge in [0.1, 0.15) is 5.01 Å². The van der Waals surface area contributed by atoms with Gasteiger partial charge in [-0.25, -0.2) is 0 Å². The van der Waals surface area contributed by atoms with Gasteiger partial charge in [0, 0.05) is 17.5 Å². The maximum Gasteiger partial charge on any atom is 0.250 e. The van der Waals surface area contributed by atoms with Crippen LogP contribution in [0.15, 0.2) is 30.3 Å². The van der Waals surface area contributed by atoms with Crippen LogP contribution in [0, 0.1) is 5.92 Å². The lowest BCUT2D eigenvalue weighted by molar-refractivity contribution is -0.111. The summed E-state index contributed by atoms with van der Waals surface area (Å²) in [5, 5.41) is 12.8. The third kappa shape index (κ3) is 4.95. The van der Waals surface area contributed by atoms with Crippen LogP contribution in [0.2, 0.25) is 5.02 Å². The van der Waals surface area contributed by atoms with E-state index in [1.54, 1.807) is 12.1 Å². The second kappa shape index (κ2) is 7.33. The maximum atomic E-state index is 11.8. The van der Waals surface area contributed by atoms with E-state index in [1.165, 1.54) is 17.4 Å². The molecule has 1 amide bonds. The first-order valence-corrected chi connectivity index (χ1v) is 7.80. The van der Waals surface area contributed by atoms with E-state index in [4.69, 9.17) is 11.6 Å². The summed E-state index contributed by atoms with van der Waals surface area (Å²) in [6, 6.07) is 7.34. The van der Waals surface area contributed by atoms with E-state index in [1.807, 2.05) is 18.2 Å². The molecule has 0 aliphatic carbocycles. The number of carbonyl (C=O) groups is 1. The van der Waals surface area contributed by atoms with Crippen molar-refractivity contribution >= 4 is 40.1 Å². The molecule has 0 aliphatic heterocycles. The van der Waals surface area contributed by atoms with E-state index in [2.05, 4.69) is 29.4 Å². The molecule has 1 aromatic heterocycles. The lowest BCUT2D eigenvalue weighted by atomic mass is 10.1. The van der Waals surface area contributed by atoms with Crippen LogP contribution in [0.5, 0.6) is 0 Å². The molecule has 6 heteroatoms. The van der Waals surface area contributed by atoms with Crippen molar-refractivity contribution in [2.75, 3.05) is 5.32 Å². The topological polar surface area (TPSA) is 54.9 Å². The number of amides is 1. The number of halogens is 1. The Hall–Kier alpha value is -1.72. The smallest absolute Gasteiger partial charge is 0.250 e. The monoisotopic (exact) mass is 321 g/mol. The van der Waals surface area contributed by atoms with Crippen molar-refractivity contribution in [3.8, 4) is 0 Å². The van der Waals surface area contributed by atoms with E-state index in [0.717, 1.165) is 17.0 Å². The van der Waals surface area contributed by atoms with Gasteiger partial charge in [-0.15, -0.1) is 10.2 Å². The molecule has 0 radical (unpaired) electrons. The molecule has 4 nitrogen and oxygen atoms in total. The van der Waals surface area contributed by atoms with Crippen molar-refractivity contribution in [1.82, 2.24) is 10.2 Å². The number of anilines is 1. The van der Waals surface area contributed by atoms with Gasteiger partial charge in [0.2, 0.25) is 11.0 Å². The largest absolute Gasteiger partial charge is 0.297 e. The van der Waals surface area contributed by atoms with Crippen molar-refractivity contribution in [3.63, 3.8) is 0 Å². The number of rotatable bonds is 5. The van der Waals surface area contributed by atoms with Crippen LogP contribution >= 0.6 is 22.9 Å². The van der Waals surface area contributed by atoms with Crippen LogP contribution in [0.4, 0.5) is 5.13 Å². The Morgan fingerprint density at radius 1 is 1.38 bits per heavy atom. The highest BCUT2D eigenvalue weighted by Crippen LogP contribution is 2.19. The standard InChI is InChI=1S/C15H16ClN3OS/c1-10(2)9-14-18-19-15(21-14)17-13(20)8-7-11-5-3-4-6-12(11)16/h3-8,10H,9H2,1-2H3,(H,17,19,20)/b8-7+. The summed E-state index contributed by atoms with van der Waals surface area (Å²) in [7, 11) is 0. The van der Waals surface area contributed by atoms with Gasteiger partial charge in [-0.2, -0.15) is 0 Å². The van der Waals surface area contributed by atoms with Crippen molar-refractivity contribution in [1.29, 1.82) is 0 Å². The highest BCUT2D eigenvalue weighted by atomic mass is 35.5. The van der Waals surface area contributed by atoms with Crippen molar-refractivity contribution in [2.24, 2.45) is 5.92 Å². The minimum atomic E-state index is -0.248. The van der Waals surface area contributed by atoms with E-state index in [-0.39, 0.29) is 5.91 Å². The predicted molar refractivity (Wildman–Crippen MR) is 87.6 cm³/mol. The molecule has 2 aromatic rings. The normalized spacial score (nSPS) is 11.2. The van der Waals surface area contributed by atoms with Gasteiger partial charge in [-0.3, -0.25) is 10.1 Å². The predicted octanol–water partition coefficient (Wildman–Crippen LogP) is 4.04. The Labute approximate surface area is 132 Å². The molecule has 1 aromatic carbocycles. The molecule has 21 heavy (non-hydrogen) atoms. The number of nitrogens with zero attached hydrogens (tertiary/aromatic N) is 2. The summed E-state index contributed by atoms with van der Waals surface area (Å²) in [5.74, 6) is 0.267. The molecule has 1 heterocycles. The van der Waals surface area contributed by atoms with Crippen LogP contribution in [0.3, 0.4) is 0 Å². The van der Waals surface area contributed by atoms with E-state index < -0.39 is 0 Å². The second-order valence-electron chi connectivity index (χ2n) is 4.94. The van der Waals surface area contributed by atoms with Crippen LogP contribution in [0.1, 0.15) is 24.4 Å². The first kappa shape index (κ1) is 15.7. The molecular formula is C15H16ClN3OS. The van der Waals surface area contributed by atoms with Crippen molar-refractivity contribution in [2.45, 2.75) is 20.3 Å². The zero-order valence-electron chi connectivity index (χ0n) is 11.8. The lowest BCUT2D eigenvalue weighted by Crippen LogP contribution is -2.07. The van der Waals surface area contributed by atoms with Crippen LogP contribution in [0.25, 0.3) is 6.08 Å². The van der Waals surface area contributed by atoms with E-state index >= 15 is 0 Å². The molecule has 0 spiro atoms. The molecule has 110 valence electrons. The molecule has 0 unspecified atom stereocenters. The first-order chi connectivity index (χ1) is 10.0. The zero-order chi connectivity index (χ0) is 15.2. The van der Waals surface area contributed by atoms with Gasteiger partial charge in [-0.1, -0.05) is 55.0 Å². The molecule has 0 saturated carbocycles. The first-order valence-electron chi connectivity index (χ1n) is 6.60. The van der Waals surface area contributed by atoms with Crippen LogP contribution < -0.4 is 5.32 Å². The van der Waals surface area contributed by atoms with Crippen LogP contribution in [-0.4, -0.2) is 16.1 Å². The van der Waals surface area contributed by atoms with Gasteiger partial charge >= 0.3 is 0 Å². The average Bonchev–Trinajstić information content (AvgIpc) is 2.84. The Morgan fingerprint density at radius 2 is 2.14 bits per heavy atom. The molecule has 0 aliphatic rings. The Kier molecular flexibility index (Phi) is 5.47. The molecule has 1 N–H and O–H groups in total. The second-order valence-corrected chi connectivity index (χ2v) is 6.41. The summed E-state index contributed by atoms with van der Waals surface area (Å²) in [4.78, 5) is 11.8. The van der Waals surface area contributed by atoms with Gasteiger partial charge < -0.3 is 0 Å². The number of hydrogen-bond donors (Lipinski definition) is 1. The van der Waals surface area contributed by atoms with Crippen LogP contribution in [-0.2, 0) is 11.2 Å². The SMILES string of the molecule is CC(C)Cc1nnc(NC(=O)/C=C/c2ccccc2Cl)s1. The fourth-order valence-electron chi connectivity index (χ4n) is 1.66. The van der Waals surface area contributed by atoms with E-state index in [9.17, 15) is 4.79 Å². The number of nitrogens with one attached hydrogen (secondary N) is 1. The summed E-state index contributed by atoms with van der Waals surface area (Å²) in [6.45, 7) is 4.23. The third-order valence-electron chi connectivity index (χ3n) is 2.60. The molecule has 0 fully saturated rings. The highest BCUT2D eigenvalue weighted by molar-refractivity contribution is 7.15. The van der Waals surface area contributed by atoms with Gasteiger partial charge in [0.05, 0.1) is 0 Å². The molecule has 0 bridgehead atoms. The summed E-state index contributed by atoms with van der Waals surface area (Å²) in [5.41, 5.74) is 0.798. The number of carbonyl (C=O) groups excluding carboxylic acids is 1. The summed E-state index contributed by atoms with van der Waals surface area (Å²) in [6.07, 6.45) is 3.97. The summed E-state index contributed by atoms with van der Waals surface area (Å²) >= 11 is 7.42. The number of hydrogen-bond acceptors (Lipinski definition) is 4. The molecule has 0 atom stereocenters. The number of aromatic nitrogens is 2. The van der Waals surface area contributed by atoms with Crippen molar-refractivity contribution < 1.29 is 4.79 Å². The molecule has 2 rings (SSSR count). The minimum absolute atomic E-state index is 0.248. The Bertz CT molecular complexity index is 652. The van der Waals surface area contributed by atoms with Gasteiger partial charge in [0.15, 0.2) is 0 Å². The number of benzene rings is 1. The third-order valence-corrected chi connectivity index (χ3v) is 3.80. The quantitative estimate of drug-likeness (QED) is 0.845. The Balaban J connectivity index is 1.95. The fourth-order valence-corrected chi connectivity index (χ4v) is 2.81. The van der Waals surface area contributed by atoms with Gasteiger partial charge in [0.25, 0.3) is 0 Å². The average molecular weight is 322 g/mol. The maximum absolute atomic E-state index is 11.8. The zero-order valence-corrected chi connectivity index (χ0v) is 13.4. The van der Waals surface area contributed by atoms with E-state index in [0.29, 0.717) is 16.1 Å². The minimum Gasteiger partial charge on any atom is -0.297 e. The highest BCUT2D eigenvalue weighted by Gasteiger charge is 2.07. The fraction of sp³-hybridized carbons (Fsp3) is 0.267. The van der Waals surface area contributed by atoms with Crippen molar-refractivity contribution in [3.05, 3.63) is 45.9 Å². The Morgan fingerprint density at radius 3 is 2.86 bits per heavy atom. The molecular weight excluding hydrogens is 306 g/mol. The van der Waals surface area contributed by atoms with Gasteiger partial charge in [-0.05, 0) is 23.6 Å². The summed E-state index contributed by atoms with van der Waals surface area (Å²) < 4.78 is 0. The lowest BCUT2D eigenvalue weighted by Gasteiger charge is -1.98.